The van der Waals surface area contributed by atoms with E-state index in [0.29, 0.717) is 0 Å². The van der Waals surface area contributed by atoms with E-state index in [1.54, 1.807) is 0 Å². The fraction of sp³-hybridized carbons (Fsp3) is 0.250. The first-order chi connectivity index (χ1) is 5.34. The predicted molar refractivity (Wildman–Crippen MR) is 46.1 cm³/mol. The summed E-state index contributed by atoms with van der Waals surface area (Å²) in [5, 5.41) is 12.9. The molecule has 0 aliphatic heterocycles. The van der Waals surface area contributed by atoms with Crippen LogP contribution in [0.1, 0.15) is 12.5 Å². The van der Waals surface area contributed by atoms with E-state index in [1.165, 1.54) is 5.56 Å². The molecule has 1 aromatic rings. The van der Waals surface area contributed by atoms with Gasteiger partial charge in [-0.2, -0.15) is 0 Å². The van der Waals surface area contributed by atoms with Crippen LogP contribution >= 0.6 is 11.6 Å². The van der Waals surface area contributed by atoms with Gasteiger partial charge in [0.25, 0.3) is 0 Å². The van der Waals surface area contributed by atoms with Crippen LogP contribution in [0.25, 0.3) is 0 Å². The van der Waals surface area contributed by atoms with Gasteiger partial charge in [-0.15, -0.1) is 0 Å². The highest BCUT2D eigenvalue weighted by molar-refractivity contribution is 6.31. The van der Waals surface area contributed by atoms with E-state index < -0.39 is 0 Å². The number of hydrogen-bond donors (Lipinski definition) is 2. The normalized spacial score (nSPS) is 8.36. The zero-order valence-electron chi connectivity index (χ0n) is 6.29. The van der Waals surface area contributed by atoms with Crippen LogP contribution in [0.15, 0.2) is 24.3 Å². The third-order valence-corrected chi connectivity index (χ3v) is 1.71. The Kier molecular flexibility index (Phi) is 5.84. The van der Waals surface area contributed by atoms with E-state index in [1.807, 2.05) is 24.3 Å². The number of rotatable bonds is 1. The molecule has 0 radical (unpaired) electrons. The van der Waals surface area contributed by atoms with Crippen molar-refractivity contribution in [1.29, 1.82) is 0 Å². The van der Waals surface area contributed by atoms with E-state index in [9.17, 15) is 0 Å². The van der Waals surface area contributed by atoms with Gasteiger partial charge in [0.15, 0.2) is 0 Å². The lowest BCUT2D eigenvalue weighted by Crippen LogP contribution is -1.78. The molecule has 0 bridgehead atoms. The maximum atomic E-state index is 6.00. The molecule has 0 aliphatic carbocycles. The van der Waals surface area contributed by atoms with Gasteiger partial charge in [-0.05, 0) is 18.1 Å². The second-order valence-electron chi connectivity index (χ2n) is 1.94. The minimum Gasteiger partial charge on any atom is -0.255 e. The van der Waals surface area contributed by atoms with E-state index in [4.69, 9.17) is 22.1 Å². The highest BCUT2D eigenvalue weighted by Gasteiger charge is 1.91. The Hall–Kier alpha value is -0.570. The summed E-state index contributed by atoms with van der Waals surface area (Å²) >= 11 is 5.82. The highest BCUT2D eigenvalue weighted by Crippen LogP contribution is 2.14. The van der Waals surface area contributed by atoms with Crippen LogP contribution in [0.3, 0.4) is 0 Å². The second kappa shape index (κ2) is 6.16. The quantitative estimate of drug-likeness (QED) is 0.508. The van der Waals surface area contributed by atoms with Gasteiger partial charge in [-0.25, -0.2) is 0 Å². The van der Waals surface area contributed by atoms with Gasteiger partial charge in [0.2, 0.25) is 0 Å². The Morgan fingerprint density at radius 3 is 2.18 bits per heavy atom. The summed E-state index contributed by atoms with van der Waals surface area (Å²) < 4.78 is 0. The summed E-state index contributed by atoms with van der Waals surface area (Å²) in [4.78, 5) is 0. The SMILES string of the molecule is CCc1ccccc1Cl.OO. The van der Waals surface area contributed by atoms with E-state index in [-0.39, 0.29) is 0 Å². The van der Waals surface area contributed by atoms with Crippen molar-refractivity contribution < 1.29 is 10.5 Å². The van der Waals surface area contributed by atoms with Gasteiger partial charge < -0.3 is 0 Å². The molecule has 3 heteroatoms. The Balaban J connectivity index is 0.000000461. The molecule has 0 amide bonds. The molecule has 0 unspecified atom stereocenters. The first-order valence-corrected chi connectivity index (χ1v) is 3.65. The van der Waals surface area contributed by atoms with Gasteiger partial charge >= 0.3 is 0 Å². The zero-order valence-corrected chi connectivity index (χ0v) is 7.04. The Labute approximate surface area is 71.0 Å². The van der Waals surface area contributed by atoms with Crippen molar-refractivity contribution in [3.8, 4) is 0 Å². The topological polar surface area (TPSA) is 40.5 Å². The van der Waals surface area contributed by atoms with Crippen LogP contribution in [-0.4, -0.2) is 10.5 Å². The van der Waals surface area contributed by atoms with E-state index >= 15 is 0 Å². The first kappa shape index (κ1) is 10.4. The summed E-state index contributed by atoms with van der Waals surface area (Å²) in [6.45, 7) is 2.10. The molecule has 1 rings (SSSR count). The molecule has 11 heavy (non-hydrogen) atoms. The smallest absolute Gasteiger partial charge is 0.0437 e. The number of halogens is 1. The summed E-state index contributed by atoms with van der Waals surface area (Å²) in [5.41, 5.74) is 1.22. The molecule has 0 saturated carbocycles. The van der Waals surface area contributed by atoms with Gasteiger partial charge in [0.05, 0.1) is 0 Å². The molecule has 0 heterocycles. The third-order valence-electron chi connectivity index (χ3n) is 1.34. The lowest BCUT2D eigenvalue weighted by Gasteiger charge is -1.96. The summed E-state index contributed by atoms with van der Waals surface area (Å²) in [6, 6.07) is 7.91. The van der Waals surface area contributed by atoms with Gasteiger partial charge in [0.1, 0.15) is 0 Å². The van der Waals surface area contributed by atoms with Crippen molar-refractivity contribution in [1.82, 2.24) is 0 Å². The molecule has 0 aliphatic rings. The molecule has 62 valence electrons. The maximum absolute atomic E-state index is 6.00. The standard InChI is InChI=1S/C8H9Cl.H2O2/c1-2-7-5-3-4-6-8(7)9;1-2/h3-6H,2H2,1H3;1-2H. The van der Waals surface area contributed by atoms with Crippen molar-refractivity contribution in [2.24, 2.45) is 0 Å². The summed E-state index contributed by atoms with van der Waals surface area (Å²) in [6.07, 6.45) is 1.01. The summed E-state index contributed by atoms with van der Waals surface area (Å²) in [5.74, 6) is 0. The number of benzene rings is 1. The van der Waals surface area contributed by atoms with Gasteiger partial charge in [0, 0.05) is 5.02 Å². The number of aryl methyl sites for hydroxylation is 1. The minimum atomic E-state index is 0.875. The van der Waals surface area contributed by atoms with Crippen LogP contribution in [-0.2, 0) is 6.42 Å². The first-order valence-electron chi connectivity index (χ1n) is 3.28. The molecule has 1 aromatic carbocycles. The zero-order chi connectivity index (χ0) is 8.69. The molecule has 0 atom stereocenters. The minimum absolute atomic E-state index is 0.875. The van der Waals surface area contributed by atoms with Crippen LogP contribution < -0.4 is 0 Å². The third kappa shape index (κ3) is 3.37. The lowest BCUT2D eigenvalue weighted by molar-refractivity contribution is -0.176. The Morgan fingerprint density at radius 1 is 1.27 bits per heavy atom. The van der Waals surface area contributed by atoms with Crippen molar-refractivity contribution >= 4 is 11.6 Å². The van der Waals surface area contributed by atoms with Crippen LogP contribution in [0, 0.1) is 0 Å². The predicted octanol–water partition coefficient (Wildman–Crippen LogP) is 2.92. The van der Waals surface area contributed by atoms with Crippen LogP contribution in [0.2, 0.25) is 5.02 Å². The monoisotopic (exact) mass is 174 g/mol. The molecule has 0 saturated heterocycles. The average molecular weight is 175 g/mol. The largest absolute Gasteiger partial charge is 0.255 e. The van der Waals surface area contributed by atoms with E-state index in [0.717, 1.165) is 11.4 Å². The molecule has 2 N–H and O–H groups in total. The van der Waals surface area contributed by atoms with Crippen LogP contribution in [0.4, 0.5) is 0 Å². The second-order valence-corrected chi connectivity index (χ2v) is 2.35. The fourth-order valence-corrected chi connectivity index (χ4v) is 1.05. The molecule has 0 spiro atoms. The maximum Gasteiger partial charge on any atom is 0.0437 e. The molecule has 0 aromatic heterocycles. The van der Waals surface area contributed by atoms with Crippen molar-refractivity contribution in [3.05, 3.63) is 34.9 Å². The molecule has 2 nitrogen and oxygen atoms in total. The number of hydrogen-bond acceptors (Lipinski definition) is 2. The average Bonchev–Trinajstić information content (AvgIpc) is 2.09. The van der Waals surface area contributed by atoms with Crippen LogP contribution in [0.5, 0.6) is 0 Å². The molecular weight excluding hydrogens is 164 g/mol. The Bertz CT molecular complexity index is 201. The van der Waals surface area contributed by atoms with Crippen molar-refractivity contribution in [2.75, 3.05) is 0 Å². The van der Waals surface area contributed by atoms with Gasteiger partial charge in [-0.1, -0.05) is 36.7 Å². The van der Waals surface area contributed by atoms with Gasteiger partial charge in [-0.3, -0.25) is 10.5 Å². The molecule has 0 fully saturated rings. The van der Waals surface area contributed by atoms with Crippen molar-refractivity contribution in [3.63, 3.8) is 0 Å². The Morgan fingerprint density at radius 2 is 1.82 bits per heavy atom. The highest BCUT2D eigenvalue weighted by atomic mass is 35.5. The summed E-state index contributed by atoms with van der Waals surface area (Å²) in [7, 11) is 0. The lowest BCUT2D eigenvalue weighted by atomic mass is 10.2. The fourth-order valence-electron chi connectivity index (χ4n) is 0.785. The van der Waals surface area contributed by atoms with Crippen molar-refractivity contribution in [2.45, 2.75) is 13.3 Å². The molecular formula is C8H11ClO2. The van der Waals surface area contributed by atoms with E-state index in [2.05, 4.69) is 6.92 Å².